The van der Waals surface area contributed by atoms with E-state index in [0.717, 1.165) is 12.1 Å². The van der Waals surface area contributed by atoms with Gasteiger partial charge in [0.25, 0.3) is 11.5 Å². The average Bonchev–Trinajstić information content (AvgIpc) is 3.43. The first-order valence-corrected chi connectivity index (χ1v) is 12.9. The molecule has 6 nitrogen and oxygen atoms in total. The predicted molar refractivity (Wildman–Crippen MR) is 131 cm³/mol. The molecule has 226 valence electrons. The number of nitrogens with one attached hydrogen (secondary N) is 2. The third kappa shape index (κ3) is 7.51. The van der Waals surface area contributed by atoms with Crippen molar-refractivity contribution in [2.45, 2.75) is 49.9 Å². The lowest BCUT2D eigenvalue weighted by Gasteiger charge is -2.29. The van der Waals surface area contributed by atoms with Crippen LogP contribution in [0.2, 0.25) is 15.1 Å². The third-order valence-corrected chi connectivity index (χ3v) is 8.10. The largest absolute Gasteiger partial charge is 0.435 e. The molecule has 0 saturated heterocycles. The van der Waals surface area contributed by atoms with Crippen LogP contribution in [0.3, 0.4) is 0 Å². The highest BCUT2D eigenvalue weighted by Crippen LogP contribution is 2.51. The molecule has 2 heterocycles. The highest BCUT2D eigenvalue weighted by Gasteiger charge is 2.62. The fourth-order valence-electron chi connectivity index (χ4n) is 3.64. The topological polar surface area (TPSA) is 79.8 Å². The molecule has 19 heteroatoms. The fourth-order valence-corrected chi connectivity index (χ4v) is 5.30. The molecule has 1 aromatic heterocycles. The Morgan fingerprint density at radius 1 is 1.05 bits per heavy atom. The van der Waals surface area contributed by atoms with Crippen LogP contribution in [0.15, 0.2) is 23.4 Å². The Balaban J connectivity index is 1.75. The van der Waals surface area contributed by atoms with Crippen molar-refractivity contribution in [3.05, 3.63) is 54.1 Å². The molecule has 1 aliphatic rings. The number of carbonyl (C=O) groups excluding carboxylic acids is 2. The second-order valence-electron chi connectivity index (χ2n) is 8.67. The molecular formula is C22H15Cl3F9N3O3S. The second kappa shape index (κ2) is 11.7. The van der Waals surface area contributed by atoms with Crippen LogP contribution in [0.1, 0.15) is 38.5 Å². The van der Waals surface area contributed by atoms with E-state index >= 15 is 0 Å². The van der Waals surface area contributed by atoms with Crippen molar-refractivity contribution in [1.82, 2.24) is 10.6 Å². The van der Waals surface area contributed by atoms with E-state index in [4.69, 9.17) is 39.6 Å². The smallest absolute Gasteiger partial charge is 0.374 e. The Hall–Kier alpha value is -2.43. The molecule has 1 unspecified atom stereocenters. The minimum absolute atomic E-state index is 0.0525. The number of carbonyl (C=O) groups is 2. The molecule has 0 fully saturated rings. The number of aryl methyl sites for hydroxylation is 1. The summed E-state index contributed by atoms with van der Waals surface area (Å²) in [5.41, 5.74) is -3.54. The van der Waals surface area contributed by atoms with Crippen LogP contribution in [-0.4, -0.2) is 48.6 Å². The first-order chi connectivity index (χ1) is 18.6. The van der Waals surface area contributed by atoms with Gasteiger partial charge in [-0.15, -0.1) is 11.3 Å². The van der Waals surface area contributed by atoms with Gasteiger partial charge < -0.3 is 15.5 Å². The molecular weight excluding hydrogens is 664 g/mol. The van der Waals surface area contributed by atoms with Gasteiger partial charge in [0.1, 0.15) is 11.8 Å². The maximum Gasteiger partial charge on any atom is 0.435 e. The van der Waals surface area contributed by atoms with Gasteiger partial charge in [-0.3, -0.25) is 9.59 Å². The zero-order valence-electron chi connectivity index (χ0n) is 20.0. The molecule has 2 atom stereocenters. The van der Waals surface area contributed by atoms with Gasteiger partial charge in [0.05, 0.1) is 44.2 Å². The maximum absolute atomic E-state index is 14.2. The molecule has 0 saturated carbocycles. The van der Waals surface area contributed by atoms with Crippen molar-refractivity contribution in [1.29, 1.82) is 0 Å². The molecule has 2 amide bonds. The zero-order valence-corrected chi connectivity index (χ0v) is 23.1. The molecule has 1 aromatic carbocycles. The van der Waals surface area contributed by atoms with E-state index in [2.05, 4.69) is 5.16 Å². The number of thiophene rings is 1. The van der Waals surface area contributed by atoms with Crippen molar-refractivity contribution >= 4 is 63.7 Å². The Morgan fingerprint density at radius 2 is 1.63 bits per heavy atom. The standard InChI is InChI=1S/C22H15Cl3F9N3O3S/c1-8-2-13(12-5-19(40-37-12,22(32,33)34)9-3-10(23)16(25)11(24)4-9)41-17(8)18(39)35-7-15(38)36-14(21(29,30)31)6-20(26,27)28/h2-4,14H,5-7H2,1H3,(H,35,39)(H,36,38)/t14?,19-/m0/s1. The summed E-state index contributed by atoms with van der Waals surface area (Å²) in [7, 11) is 0. The van der Waals surface area contributed by atoms with Crippen LogP contribution >= 0.6 is 46.1 Å². The Kier molecular flexibility index (Phi) is 9.43. The lowest BCUT2D eigenvalue weighted by Crippen LogP contribution is -2.50. The summed E-state index contributed by atoms with van der Waals surface area (Å²) in [4.78, 5) is 29.2. The number of nitrogens with zero attached hydrogens (tertiary/aromatic N) is 1. The van der Waals surface area contributed by atoms with Gasteiger partial charge in [-0.1, -0.05) is 40.0 Å². The molecule has 0 bridgehead atoms. The maximum atomic E-state index is 14.2. The van der Waals surface area contributed by atoms with Crippen molar-refractivity contribution in [3.63, 3.8) is 0 Å². The van der Waals surface area contributed by atoms with Crippen LogP contribution in [0.5, 0.6) is 0 Å². The van der Waals surface area contributed by atoms with Gasteiger partial charge in [0, 0.05) is 5.56 Å². The van der Waals surface area contributed by atoms with E-state index in [1.807, 2.05) is 5.32 Å². The van der Waals surface area contributed by atoms with Crippen molar-refractivity contribution in [3.8, 4) is 0 Å². The Bertz CT molecular complexity index is 1350. The van der Waals surface area contributed by atoms with Gasteiger partial charge in [-0.2, -0.15) is 39.5 Å². The predicted octanol–water partition coefficient (Wildman–Crippen LogP) is 7.33. The Labute approximate surface area is 243 Å². The first kappa shape index (κ1) is 33.1. The van der Waals surface area contributed by atoms with Gasteiger partial charge in [0.2, 0.25) is 5.91 Å². The van der Waals surface area contributed by atoms with Crippen molar-refractivity contribution in [2.75, 3.05) is 6.54 Å². The minimum Gasteiger partial charge on any atom is -0.374 e. The molecule has 0 spiro atoms. The normalized spacial score (nSPS) is 18.5. The number of rotatable bonds is 7. The van der Waals surface area contributed by atoms with Crippen LogP contribution in [0, 0.1) is 6.92 Å². The van der Waals surface area contributed by atoms with E-state index in [1.165, 1.54) is 18.3 Å². The quantitative estimate of drug-likeness (QED) is 0.238. The number of oxime groups is 1. The zero-order chi connectivity index (χ0) is 31.1. The summed E-state index contributed by atoms with van der Waals surface area (Å²) in [5.74, 6) is -2.57. The number of benzene rings is 1. The van der Waals surface area contributed by atoms with Crippen LogP contribution in [0.25, 0.3) is 0 Å². The average molecular weight is 679 g/mol. The van der Waals surface area contributed by atoms with E-state index < -0.39 is 66.9 Å². The van der Waals surface area contributed by atoms with Gasteiger partial charge >= 0.3 is 18.5 Å². The highest BCUT2D eigenvalue weighted by atomic mass is 35.5. The van der Waals surface area contributed by atoms with Crippen LogP contribution in [-0.2, 0) is 15.2 Å². The first-order valence-electron chi connectivity index (χ1n) is 10.9. The van der Waals surface area contributed by atoms with E-state index in [1.54, 1.807) is 0 Å². The fraction of sp³-hybridized carbons (Fsp3) is 0.409. The molecule has 1 aliphatic heterocycles. The molecule has 0 aliphatic carbocycles. The monoisotopic (exact) mass is 677 g/mol. The number of halogens is 12. The summed E-state index contributed by atoms with van der Waals surface area (Å²) in [6.45, 7) is 0.263. The van der Waals surface area contributed by atoms with E-state index in [-0.39, 0.29) is 36.1 Å². The van der Waals surface area contributed by atoms with Gasteiger partial charge in [-0.25, -0.2) is 0 Å². The highest BCUT2D eigenvalue weighted by molar-refractivity contribution is 7.16. The van der Waals surface area contributed by atoms with E-state index in [0.29, 0.717) is 11.3 Å². The number of amides is 2. The lowest BCUT2D eigenvalue weighted by atomic mass is 9.88. The molecule has 0 radical (unpaired) electrons. The van der Waals surface area contributed by atoms with Crippen molar-refractivity contribution in [2.24, 2.45) is 5.16 Å². The lowest BCUT2D eigenvalue weighted by molar-refractivity contribution is -0.275. The van der Waals surface area contributed by atoms with Gasteiger partial charge in [-0.05, 0) is 30.7 Å². The second-order valence-corrected chi connectivity index (χ2v) is 10.9. The van der Waals surface area contributed by atoms with Crippen LogP contribution in [0.4, 0.5) is 39.5 Å². The third-order valence-electron chi connectivity index (χ3n) is 5.62. The molecule has 41 heavy (non-hydrogen) atoms. The molecule has 3 rings (SSSR count). The molecule has 2 aromatic rings. The summed E-state index contributed by atoms with van der Waals surface area (Å²) in [5, 5.41) is 5.96. The van der Waals surface area contributed by atoms with E-state index in [9.17, 15) is 49.1 Å². The minimum atomic E-state index is -5.41. The van der Waals surface area contributed by atoms with Crippen LogP contribution < -0.4 is 10.6 Å². The summed E-state index contributed by atoms with van der Waals surface area (Å²) >= 11 is 18.3. The van der Waals surface area contributed by atoms with Crippen molar-refractivity contribution < 1.29 is 53.9 Å². The Morgan fingerprint density at radius 3 is 2.15 bits per heavy atom. The number of hydrogen-bond donors (Lipinski definition) is 2. The number of alkyl halides is 9. The SMILES string of the molecule is Cc1cc(C2=NO[C@@](c3cc(Cl)c(Cl)c(Cl)c3)(C(F)(F)F)C2)sc1C(=O)NCC(=O)NC(CC(F)(F)F)C(F)(F)F. The van der Waals surface area contributed by atoms with Gasteiger partial charge in [0.15, 0.2) is 0 Å². The summed E-state index contributed by atoms with van der Waals surface area (Å²) < 4.78 is 119. The summed E-state index contributed by atoms with van der Waals surface area (Å²) in [6.07, 6.45) is -18.9. The summed E-state index contributed by atoms with van der Waals surface area (Å²) in [6, 6.07) is -0.104. The number of hydrogen-bond acceptors (Lipinski definition) is 5. The molecule has 2 N–H and O–H groups in total.